The van der Waals surface area contributed by atoms with E-state index in [1.807, 2.05) is 0 Å². The van der Waals surface area contributed by atoms with Gasteiger partial charge < -0.3 is 9.47 Å². The second-order valence-electron chi connectivity index (χ2n) is 7.33. The van der Waals surface area contributed by atoms with Crippen LogP contribution in [0.5, 0.6) is 0 Å². The fourth-order valence-electron chi connectivity index (χ4n) is 3.83. The third-order valence-electron chi connectivity index (χ3n) is 5.18. The van der Waals surface area contributed by atoms with E-state index in [0.29, 0.717) is 12.7 Å². The van der Waals surface area contributed by atoms with E-state index in [1.165, 1.54) is 29.5 Å². The van der Waals surface area contributed by atoms with Crippen molar-refractivity contribution in [1.29, 1.82) is 0 Å². The van der Waals surface area contributed by atoms with Gasteiger partial charge in [0.2, 0.25) is 0 Å². The number of rotatable bonds is 7. The molecule has 4 heteroatoms. The molecule has 3 rings (SSSR count). The molecule has 2 heterocycles. The van der Waals surface area contributed by atoms with Crippen molar-refractivity contribution in [3.05, 3.63) is 41.0 Å². The number of nitrogens with zero attached hydrogens (tertiary/aromatic N) is 2. The van der Waals surface area contributed by atoms with E-state index in [0.717, 1.165) is 45.9 Å². The number of methoxy groups -OCH3 is 1. The Bertz CT molecular complexity index is 559. The smallest absolute Gasteiger partial charge is 0.0718 e. The lowest BCUT2D eigenvalue weighted by molar-refractivity contribution is 0.0522. The quantitative estimate of drug-likeness (QED) is 0.759. The van der Waals surface area contributed by atoms with E-state index < -0.39 is 0 Å². The van der Waals surface area contributed by atoms with Crippen LogP contribution < -0.4 is 0 Å². The topological polar surface area (TPSA) is 24.9 Å². The minimum atomic E-state index is 0.477. The molecule has 2 aliphatic rings. The molecular formula is C21H32N2O2. The van der Waals surface area contributed by atoms with E-state index in [2.05, 4.69) is 47.1 Å². The van der Waals surface area contributed by atoms with Crippen molar-refractivity contribution in [1.82, 2.24) is 9.80 Å². The average molecular weight is 344 g/mol. The summed E-state index contributed by atoms with van der Waals surface area (Å²) in [4.78, 5) is 5.14. The van der Waals surface area contributed by atoms with Crippen LogP contribution in [0.3, 0.4) is 0 Å². The van der Waals surface area contributed by atoms with Crippen LogP contribution in [0.25, 0.3) is 6.08 Å². The summed E-state index contributed by atoms with van der Waals surface area (Å²) >= 11 is 0. The Balaban J connectivity index is 1.48. The van der Waals surface area contributed by atoms with Gasteiger partial charge in [-0.3, -0.25) is 9.80 Å². The van der Waals surface area contributed by atoms with Gasteiger partial charge in [0.25, 0.3) is 0 Å². The van der Waals surface area contributed by atoms with Crippen molar-refractivity contribution in [2.75, 3.05) is 53.0 Å². The highest BCUT2D eigenvalue weighted by atomic mass is 16.5. The molecule has 4 nitrogen and oxygen atoms in total. The van der Waals surface area contributed by atoms with E-state index in [1.54, 1.807) is 7.11 Å². The Hall–Kier alpha value is -1.20. The van der Waals surface area contributed by atoms with Gasteiger partial charge in [0.1, 0.15) is 0 Å². The standard InChI is InChI=1S/C21H32N2O2/c1-18(14-19-6-3-4-7-20(19)17-24-2)15-22-9-11-23(12-10-22)16-21-8-5-13-25-21/h3-4,6-7,14,21H,5,8-13,15-17H2,1-2H3/b18-14+. The zero-order valence-electron chi connectivity index (χ0n) is 15.7. The van der Waals surface area contributed by atoms with Gasteiger partial charge in [0, 0.05) is 53.0 Å². The molecular weight excluding hydrogens is 312 g/mol. The third-order valence-corrected chi connectivity index (χ3v) is 5.18. The van der Waals surface area contributed by atoms with Crippen LogP contribution in [-0.4, -0.2) is 68.9 Å². The largest absolute Gasteiger partial charge is 0.380 e. The highest BCUT2D eigenvalue weighted by Gasteiger charge is 2.22. The van der Waals surface area contributed by atoms with Crippen LogP contribution >= 0.6 is 0 Å². The van der Waals surface area contributed by atoms with Crippen molar-refractivity contribution in [3.63, 3.8) is 0 Å². The van der Waals surface area contributed by atoms with Crippen LogP contribution in [-0.2, 0) is 16.1 Å². The number of piperazine rings is 1. The maximum absolute atomic E-state index is 5.77. The molecule has 0 amide bonds. The number of hydrogen-bond donors (Lipinski definition) is 0. The van der Waals surface area contributed by atoms with E-state index in [9.17, 15) is 0 Å². The van der Waals surface area contributed by atoms with Gasteiger partial charge in [-0.25, -0.2) is 0 Å². The van der Waals surface area contributed by atoms with Crippen molar-refractivity contribution in [2.45, 2.75) is 32.5 Å². The van der Waals surface area contributed by atoms with Gasteiger partial charge in [-0.15, -0.1) is 0 Å². The molecule has 0 aromatic heterocycles. The van der Waals surface area contributed by atoms with Crippen LogP contribution in [0.15, 0.2) is 29.8 Å². The fraction of sp³-hybridized carbons (Fsp3) is 0.619. The van der Waals surface area contributed by atoms with Gasteiger partial charge in [0.15, 0.2) is 0 Å². The number of ether oxygens (including phenoxy) is 2. The Morgan fingerprint density at radius 2 is 1.96 bits per heavy atom. The lowest BCUT2D eigenvalue weighted by atomic mass is 10.1. The highest BCUT2D eigenvalue weighted by Crippen LogP contribution is 2.17. The van der Waals surface area contributed by atoms with Crippen molar-refractivity contribution in [2.24, 2.45) is 0 Å². The maximum atomic E-state index is 5.77. The molecule has 1 aromatic rings. The zero-order chi connectivity index (χ0) is 17.5. The first-order valence-corrected chi connectivity index (χ1v) is 9.55. The summed E-state index contributed by atoms with van der Waals surface area (Å²) in [5.74, 6) is 0. The Kier molecular flexibility index (Phi) is 7.05. The molecule has 138 valence electrons. The average Bonchev–Trinajstić information content (AvgIpc) is 3.12. The molecule has 1 unspecified atom stereocenters. The molecule has 0 radical (unpaired) electrons. The second kappa shape index (κ2) is 9.48. The van der Waals surface area contributed by atoms with Gasteiger partial charge >= 0.3 is 0 Å². The first-order valence-electron chi connectivity index (χ1n) is 9.55. The molecule has 25 heavy (non-hydrogen) atoms. The molecule has 2 aliphatic heterocycles. The molecule has 0 aliphatic carbocycles. The van der Waals surface area contributed by atoms with Crippen LogP contribution in [0.2, 0.25) is 0 Å². The first-order chi connectivity index (χ1) is 12.2. The Morgan fingerprint density at radius 3 is 2.68 bits per heavy atom. The predicted molar refractivity (Wildman–Crippen MR) is 103 cm³/mol. The summed E-state index contributed by atoms with van der Waals surface area (Å²) in [5.41, 5.74) is 3.95. The van der Waals surface area contributed by atoms with E-state index in [-0.39, 0.29) is 0 Å². The van der Waals surface area contributed by atoms with Gasteiger partial charge in [-0.05, 0) is 30.9 Å². The maximum Gasteiger partial charge on any atom is 0.0718 e. The molecule has 2 saturated heterocycles. The second-order valence-corrected chi connectivity index (χ2v) is 7.33. The fourth-order valence-corrected chi connectivity index (χ4v) is 3.83. The van der Waals surface area contributed by atoms with Gasteiger partial charge in [0.05, 0.1) is 12.7 Å². The summed E-state index contributed by atoms with van der Waals surface area (Å²) in [6.45, 7) is 10.7. The summed E-state index contributed by atoms with van der Waals surface area (Å²) in [7, 11) is 1.75. The van der Waals surface area contributed by atoms with Gasteiger partial charge in [-0.1, -0.05) is 35.9 Å². The third kappa shape index (κ3) is 5.65. The molecule has 0 bridgehead atoms. The molecule has 2 fully saturated rings. The summed E-state index contributed by atoms with van der Waals surface area (Å²) < 4.78 is 11.1. The van der Waals surface area contributed by atoms with E-state index in [4.69, 9.17) is 9.47 Å². The first kappa shape index (κ1) is 18.6. The number of benzene rings is 1. The lowest BCUT2D eigenvalue weighted by Crippen LogP contribution is -2.48. The van der Waals surface area contributed by atoms with Crippen molar-refractivity contribution in [3.8, 4) is 0 Å². The highest BCUT2D eigenvalue weighted by molar-refractivity contribution is 5.56. The summed E-state index contributed by atoms with van der Waals surface area (Å²) in [5, 5.41) is 0. The monoisotopic (exact) mass is 344 g/mol. The number of hydrogen-bond acceptors (Lipinski definition) is 4. The molecule has 1 atom stereocenters. The van der Waals surface area contributed by atoms with Crippen LogP contribution in [0.1, 0.15) is 30.9 Å². The molecule has 1 aromatic carbocycles. The molecule has 0 spiro atoms. The molecule has 0 N–H and O–H groups in total. The van der Waals surface area contributed by atoms with Crippen molar-refractivity contribution >= 4 is 6.08 Å². The minimum absolute atomic E-state index is 0.477. The predicted octanol–water partition coefficient (Wildman–Crippen LogP) is 3.03. The summed E-state index contributed by atoms with van der Waals surface area (Å²) in [6, 6.07) is 8.50. The SMILES string of the molecule is COCc1ccccc1/C=C(\C)CN1CCN(CC2CCCO2)CC1. The van der Waals surface area contributed by atoms with Gasteiger partial charge in [-0.2, -0.15) is 0 Å². The van der Waals surface area contributed by atoms with Crippen LogP contribution in [0.4, 0.5) is 0 Å². The Labute approximate surface area is 152 Å². The summed E-state index contributed by atoms with van der Waals surface area (Å²) in [6.07, 6.45) is 5.26. The van der Waals surface area contributed by atoms with E-state index >= 15 is 0 Å². The minimum Gasteiger partial charge on any atom is -0.380 e. The normalized spacial score (nSPS) is 23.3. The van der Waals surface area contributed by atoms with Crippen molar-refractivity contribution < 1.29 is 9.47 Å². The van der Waals surface area contributed by atoms with Crippen LogP contribution in [0, 0.1) is 0 Å². The lowest BCUT2D eigenvalue weighted by Gasteiger charge is -2.35. The Morgan fingerprint density at radius 1 is 1.20 bits per heavy atom. The zero-order valence-corrected chi connectivity index (χ0v) is 15.7. The molecule has 0 saturated carbocycles.